The second-order valence-corrected chi connectivity index (χ2v) is 8.69. The average molecular weight is 400 g/mol. The van der Waals surface area contributed by atoms with E-state index in [2.05, 4.69) is 4.98 Å². The molecule has 0 unspecified atom stereocenters. The first-order chi connectivity index (χ1) is 12.2. The third-order valence-corrected chi connectivity index (χ3v) is 3.95. The van der Waals surface area contributed by atoms with Gasteiger partial charge >= 0.3 is 18.2 Å². The van der Waals surface area contributed by atoms with Crippen LogP contribution in [0.25, 0.3) is 0 Å². The van der Waals surface area contributed by atoms with Crippen LogP contribution in [0.2, 0.25) is 0 Å². The molecule has 0 N–H and O–H groups in total. The molecular weight excluding hydrogens is 372 g/mol. The van der Waals surface area contributed by atoms with Crippen LogP contribution in [0, 0.1) is 0 Å². The maximum atomic E-state index is 12.6. The van der Waals surface area contributed by atoms with Crippen LogP contribution in [0.3, 0.4) is 0 Å². The summed E-state index contributed by atoms with van der Waals surface area (Å²) in [4.78, 5) is 42.1. The summed E-state index contributed by atoms with van der Waals surface area (Å²) in [5, 5.41) is 1.90. The minimum Gasteiger partial charge on any atom is -0.461 e. The van der Waals surface area contributed by atoms with Crippen molar-refractivity contribution >= 4 is 29.5 Å². The Labute approximate surface area is 163 Å². The molecule has 1 aromatic rings. The molecule has 0 aliphatic carbocycles. The van der Waals surface area contributed by atoms with Crippen molar-refractivity contribution in [2.24, 2.45) is 0 Å². The zero-order valence-electron chi connectivity index (χ0n) is 17.1. The van der Waals surface area contributed by atoms with E-state index < -0.39 is 35.4 Å². The summed E-state index contributed by atoms with van der Waals surface area (Å²) in [5.41, 5.74) is -1.47. The third-order valence-electron chi connectivity index (χ3n) is 2.93. The van der Waals surface area contributed by atoms with Crippen LogP contribution in [0.15, 0.2) is 5.38 Å². The van der Waals surface area contributed by atoms with Gasteiger partial charge in [0.25, 0.3) is 0 Å². The second kappa shape index (κ2) is 8.69. The van der Waals surface area contributed by atoms with Crippen molar-refractivity contribution in [1.29, 1.82) is 0 Å². The van der Waals surface area contributed by atoms with Crippen LogP contribution in [-0.2, 0) is 14.2 Å². The van der Waals surface area contributed by atoms with Gasteiger partial charge in [-0.25, -0.2) is 24.3 Å². The standard InChI is InChI=1S/C18H28N2O6S/c1-9-24-14(21)12-10-27-13(19-12)11(2)20(15(22)25-17(3,4)5)16(23)26-18(6,7)8/h10-11H,9H2,1-8H3/t11-/m1/s1. The van der Waals surface area contributed by atoms with Gasteiger partial charge in [0.2, 0.25) is 0 Å². The third kappa shape index (κ3) is 7.16. The van der Waals surface area contributed by atoms with E-state index in [1.54, 1.807) is 55.4 Å². The van der Waals surface area contributed by atoms with E-state index in [1.165, 1.54) is 5.38 Å². The lowest BCUT2D eigenvalue weighted by Crippen LogP contribution is -2.44. The van der Waals surface area contributed by atoms with E-state index in [1.807, 2.05) is 0 Å². The zero-order chi connectivity index (χ0) is 21.0. The van der Waals surface area contributed by atoms with E-state index in [0.717, 1.165) is 16.2 Å². The number of ether oxygens (including phenoxy) is 3. The summed E-state index contributed by atoms with van der Waals surface area (Å²) < 4.78 is 15.6. The van der Waals surface area contributed by atoms with Gasteiger partial charge in [-0.3, -0.25) is 0 Å². The van der Waals surface area contributed by atoms with Gasteiger partial charge in [0.15, 0.2) is 5.69 Å². The number of hydrogen-bond donors (Lipinski definition) is 0. The topological polar surface area (TPSA) is 95.0 Å². The lowest BCUT2D eigenvalue weighted by Gasteiger charge is -2.31. The minimum atomic E-state index is -0.850. The number of imide groups is 1. The number of rotatable bonds is 4. The molecule has 0 aromatic carbocycles. The molecule has 1 rings (SSSR count). The molecule has 0 aliphatic heterocycles. The summed E-state index contributed by atoms with van der Waals surface area (Å²) in [6.07, 6.45) is -1.70. The normalized spacial score (nSPS) is 12.9. The highest BCUT2D eigenvalue weighted by atomic mass is 32.1. The molecule has 9 heteroatoms. The summed E-state index contributed by atoms with van der Waals surface area (Å²) in [5.74, 6) is -0.562. The number of esters is 1. The number of hydrogen-bond acceptors (Lipinski definition) is 8. The molecule has 0 bridgehead atoms. The lowest BCUT2D eigenvalue weighted by atomic mass is 10.2. The van der Waals surface area contributed by atoms with Crippen molar-refractivity contribution < 1.29 is 28.6 Å². The summed E-state index contributed by atoms with van der Waals surface area (Å²) in [6.45, 7) is 13.7. The molecule has 8 nitrogen and oxygen atoms in total. The predicted molar refractivity (Wildman–Crippen MR) is 101 cm³/mol. The quantitative estimate of drug-likeness (QED) is 0.540. The molecule has 1 atom stereocenters. The molecule has 0 saturated heterocycles. The van der Waals surface area contributed by atoms with Crippen LogP contribution >= 0.6 is 11.3 Å². The summed E-state index contributed by atoms with van der Waals surface area (Å²) in [6, 6.07) is -0.789. The fraction of sp³-hybridized carbons (Fsp3) is 0.667. The average Bonchev–Trinajstić information content (AvgIpc) is 2.93. The SMILES string of the molecule is CCOC(=O)c1csc([C@@H](C)N(C(=O)OC(C)(C)C)C(=O)OC(C)(C)C)n1. The molecule has 152 valence electrons. The molecule has 1 aromatic heterocycles. The lowest BCUT2D eigenvalue weighted by molar-refractivity contribution is -0.00611. The van der Waals surface area contributed by atoms with Gasteiger partial charge in [0.1, 0.15) is 16.2 Å². The Kier molecular flexibility index (Phi) is 7.36. The van der Waals surface area contributed by atoms with E-state index in [0.29, 0.717) is 5.01 Å². The fourth-order valence-electron chi connectivity index (χ4n) is 1.90. The first-order valence-corrected chi connectivity index (χ1v) is 9.51. The van der Waals surface area contributed by atoms with Gasteiger partial charge in [-0.2, -0.15) is 0 Å². The van der Waals surface area contributed by atoms with E-state index in [9.17, 15) is 14.4 Å². The summed E-state index contributed by atoms with van der Waals surface area (Å²) in [7, 11) is 0. The molecule has 0 aliphatic rings. The minimum absolute atomic E-state index is 0.122. The van der Waals surface area contributed by atoms with Gasteiger partial charge in [-0.1, -0.05) is 0 Å². The second-order valence-electron chi connectivity index (χ2n) is 7.80. The molecule has 0 fully saturated rings. The maximum Gasteiger partial charge on any atom is 0.420 e. The van der Waals surface area contributed by atoms with E-state index in [-0.39, 0.29) is 12.3 Å². The van der Waals surface area contributed by atoms with E-state index >= 15 is 0 Å². The number of nitrogens with zero attached hydrogens (tertiary/aromatic N) is 2. The Balaban J connectivity index is 3.15. The molecule has 1 heterocycles. The molecule has 0 saturated carbocycles. The van der Waals surface area contributed by atoms with Crippen LogP contribution in [0.1, 0.15) is 76.9 Å². The molecule has 0 spiro atoms. The maximum absolute atomic E-state index is 12.6. The Morgan fingerprint density at radius 1 is 1.07 bits per heavy atom. The Bertz CT molecular complexity index is 659. The van der Waals surface area contributed by atoms with Crippen molar-refractivity contribution in [3.05, 3.63) is 16.1 Å². The smallest absolute Gasteiger partial charge is 0.420 e. The summed E-state index contributed by atoms with van der Waals surface area (Å²) >= 11 is 1.14. The number of carbonyl (C=O) groups excluding carboxylic acids is 3. The Morgan fingerprint density at radius 3 is 1.96 bits per heavy atom. The van der Waals surface area contributed by atoms with Gasteiger partial charge < -0.3 is 14.2 Å². The van der Waals surface area contributed by atoms with Crippen LogP contribution < -0.4 is 0 Å². The van der Waals surface area contributed by atoms with Crippen LogP contribution in [0.5, 0.6) is 0 Å². The Hall–Kier alpha value is -2.16. The predicted octanol–water partition coefficient (Wildman–Crippen LogP) is 4.55. The van der Waals surface area contributed by atoms with Crippen molar-refractivity contribution in [2.45, 2.75) is 72.6 Å². The highest BCUT2D eigenvalue weighted by molar-refractivity contribution is 7.09. The van der Waals surface area contributed by atoms with Crippen molar-refractivity contribution in [3.63, 3.8) is 0 Å². The first-order valence-electron chi connectivity index (χ1n) is 8.63. The number of carbonyl (C=O) groups is 3. The van der Waals surface area contributed by atoms with Crippen LogP contribution in [-0.4, -0.2) is 45.8 Å². The zero-order valence-corrected chi connectivity index (χ0v) is 17.9. The molecule has 0 radical (unpaired) electrons. The highest BCUT2D eigenvalue weighted by Gasteiger charge is 2.36. The number of amides is 2. The van der Waals surface area contributed by atoms with Crippen molar-refractivity contribution in [1.82, 2.24) is 9.88 Å². The van der Waals surface area contributed by atoms with Gasteiger partial charge in [0.05, 0.1) is 12.6 Å². The molecular formula is C18H28N2O6S. The monoisotopic (exact) mass is 400 g/mol. The number of thiazole rings is 1. The van der Waals surface area contributed by atoms with Crippen LogP contribution in [0.4, 0.5) is 9.59 Å². The molecule has 2 amide bonds. The number of aromatic nitrogens is 1. The largest absolute Gasteiger partial charge is 0.461 e. The molecule has 27 heavy (non-hydrogen) atoms. The van der Waals surface area contributed by atoms with Gasteiger partial charge in [-0.05, 0) is 55.4 Å². The van der Waals surface area contributed by atoms with Crippen molar-refractivity contribution in [3.8, 4) is 0 Å². The van der Waals surface area contributed by atoms with Gasteiger partial charge in [0, 0.05) is 5.38 Å². The van der Waals surface area contributed by atoms with E-state index in [4.69, 9.17) is 14.2 Å². The first kappa shape index (κ1) is 22.9. The Morgan fingerprint density at radius 2 is 1.56 bits per heavy atom. The van der Waals surface area contributed by atoms with Crippen molar-refractivity contribution in [2.75, 3.05) is 6.61 Å². The van der Waals surface area contributed by atoms with Gasteiger partial charge in [-0.15, -0.1) is 11.3 Å². The highest BCUT2D eigenvalue weighted by Crippen LogP contribution is 2.28. The fourth-order valence-corrected chi connectivity index (χ4v) is 2.74.